The molecule has 0 aliphatic carbocycles. The Kier molecular flexibility index (Phi) is 3.01. The molecule has 0 radical (unpaired) electrons. The van der Waals surface area contributed by atoms with Crippen LogP contribution in [-0.4, -0.2) is 23.1 Å². The Labute approximate surface area is 92.7 Å². The van der Waals surface area contributed by atoms with Crippen LogP contribution < -0.4 is 4.90 Å². The summed E-state index contributed by atoms with van der Waals surface area (Å²) < 4.78 is 0. The Morgan fingerprint density at radius 1 is 1.43 bits per heavy atom. The van der Waals surface area contributed by atoms with Crippen molar-refractivity contribution < 1.29 is 0 Å². The van der Waals surface area contributed by atoms with Gasteiger partial charge in [0, 0.05) is 30.2 Å². The lowest BCUT2D eigenvalue weighted by atomic mass is 10.3. The van der Waals surface area contributed by atoms with E-state index >= 15 is 0 Å². The first-order chi connectivity index (χ1) is 6.81. The first-order valence-electron chi connectivity index (χ1n) is 4.94. The quantitative estimate of drug-likeness (QED) is 0.760. The summed E-state index contributed by atoms with van der Waals surface area (Å²) in [5.41, 5.74) is 1.19. The summed E-state index contributed by atoms with van der Waals surface area (Å²) in [6.07, 6.45) is 4.49. The topological polar surface area (TPSA) is 29.0 Å². The maximum absolute atomic E-state index is 4.51. The molecule has 1 saturated heterocycles. The van der Waals surface area contributed by atoms with Crippen molar-refractivity contribution in [1.29, 1.82) is 0 Å². The molecule has 1 fully saturated rings. The van der Waals surface area contributed by atoms with Gasteiger partial charge in [0.15, 0.2) is 0 Å². The Morgan fingerprint density at radius 2 is 2.14 bits per heavy atom. The van der Waals surface area contributed by atoms with Gasteiger partial charge in [-0.3, -0.25) is 0 Å². The lowest BCUT2D eigenvalue weighted by Gasteiger charge is -2.19. The van der Waals surface area contributed by atoms with Crippen LogP contribution in [0.3, 0.4) is 0 Å². The summed E-state index contributed by atoms with van der Waals surface area (Å²) in [6, 6.07) is 0. The van der Waals surface area contributed by atoms with Crippen LogP contribution in [0, 0.1) is 6.92 Å². The molecule has 0 amide bonds. The summed E-state index contributed by atoms with van der Waals surface area (Å²) in [6.45, 7) is 4.21. The minimum absolute atomic E-state index is 0.832. The van der Waals surface area contributed by atoms with E-state index in [1.165, 1.54) is 18.4 Å². The highest BCUT2D eigenvalue weighted by Crippen LogP contribution is 2.23. The van der Waals surface area contributed by atoms with Gasteiger partial charge in [0.25, 0.3) is 0 Å². The second-order valence-electron chi connectivity index (χ2n) is 3.59. The highest BCUT2D eigenvalue weighted by atomic mass is 79.9. The van der Waals surface area contributed by atoms with Gasteiger partial charge in [-0.05, 0) is 19.8 Å². The van der Waals surface area contributed by atoms with E-state index in [0.717, 1.165) is 30.1 Å². The molecule has 0 spiro atoms. The molecule has 2 heterocycles. The number of aryl methyl sites for hydroxylation is 1. The molecule has 0 saturated carbocycles. The summed E-state index contributed by atoms with van der Waals surface area (Å²) in [4.78, 5) is 11.1. The zero-order chi connectivity index (χ0) is 9.97. The Bertz CT molecular complexity index is 321. The average Bonchev–Trinajstić information content (AvgIpc) is 2.70. The standard InChI is InChI=1S/C10H14BrN3/c1-8-12-7-9(6-11)10(13-8)14-4-2-3-5-14/h7H,2-6H2,1H3. The number of anilines is 1. The predicted octanol–water partition coefficient (Wildman–Crippen LogP) is 2.28. The monoisotopic (exact) mass is 255 g/mol. The third-order valence-corrected chi connectivity index (χ3v) is 3.12. The molecule has 14 heavy (non-hydrogen) atoms. The first kappa shape index (κ1) is 9.90. The predicted molar refractivity (Wildman–Crippen MR) is 60.8 cm³/mol. The summed E-state index contributed by atoms with van der Waals surface area (Å²) in [5.74, 6) is 1.98. The maximum Gasteiger partial charge on any atom is 0.136 e. The van der Waals surface area contributed by atoms with Crippen LogP contribution >= 0.6 is 15.9 Å². The van der Waals surface area contributed by atoms with Crippen LogP contribution in [0.5, 0.6) is 0 Å². The SMILES string of the molecule is Cc1ncc(CBr)c(N2CCCC2)n1. The van der Waals surface area contributed by atoms with Crippen LogP contribution in [0.4, 0.5) is 5.82 Å². The lowest BCUT2D eigenvalue weighted by Crippen LogP contribution is -2.21. The van der Waals surface area contributed by atoms with Crippen LogP contribution in [-0.2, 0) is 5.33 Å². The number of rotatable bonds is 2. The lowest BCUT2D eigenvalue weighted by molar-refractivity contribution is 0.896. The van der Waals surface area contributed by atoms with Gasteiger partial charge in [-0.25, -0.2) is 9.97 Å². The van der Waals surface area contributed by atoms with Gasteiger partial charge in [-0.2, -0.15) is 0 Å². The van der Waals surface area contributed by atoms with Gasteiger partial charge in [0.2, 0.25) is 0 Å². The van der Waals surface area contributed by atoms with Gasteiger partial charge >= 0.3 is 0 Å². The van der Waals surface area contributed by atoms with Crippen molar-refractivity contribution in [3.05, 3.63) is 17.6 Å². The molecule has 1 aliphatic rings. The number of hydrogen-bond donors (Lipinski definition) is 0. The first-order valence-corrected chi connectivity index (χ1v) is 6.07. The van der Waals surface area contributed by atoms with Crippen molar-refractivity contribution in [2.75, 3.05) is 18.0 Å². The highest BCUT2D eigenvalue weighted by Gasteiger charge is 2.16. The minimum Gasteiger partial charge on any atom is -0.356 e. The maximum atomic E-state index is 4.51. The molecule has 1 aromatic heterocycles. The van der Waals surface area contributed by atoms with E-state index in [0.29, 0.717) is 0 Å². The summed E-state index contributed by atoms with van der Waals surface area (Å²) in [7, 11) is 0. The Morgan fingerprint density at radius 3 is 2.79 bits per heavy atom. The third-order valence-electron chi connectivity index (χ3n) is 2.51. The molecular formula is C10H14BrN3. The molecule has 2 rings (SSSR count). The number of aromatic nitrogens is 2. The van der Waals surface area contributed by atoms with Gasteiger partial charge < -0.3 is 4.90 Å². The zero-order valence-electron chi connectivity index (χ0n) is 8.33. The van der Waals surface area contributed by atoms with E-state index in [9.17, 15) is 0 Å². The van der Waals surface area contributed by atoms with Crippen LogP contribution in [0.15, 0.2) is 6.20 Å². The molecular weight excluding hydrogens is 242 g/mol. The van der Waals surface area contributed by atoms with Gasteiger partial charge in [-0.15, -0.1) is 0 Å². The fraction of sp³-hybridized carbons (Fsp3) is 0.600. The summed E-state index contributed by atoms with van der Waals surface area (Å²) in [5, 5.41) is 0.832. The van der Waals surface area contributed by atoms with Crippen LogP contribution in [0.1, 0.15) is 24.2 Å². The minimum atomic E-state index is 0.832. The van der Waals surface area contributed by atoms with Crippen molar-refractivity contribution in [2.45, 2.75) is 25.1 Å². The van der Waals surface area contributed by atoms with E-state index in [-0.39, 0.29) is 0 Å². The molecule has 3 nitrogen and oxygen atoms in total. The highest BCUT2D eigenvalue weighted by molar-refractivity contribution is 9.08. The van der Waals surface area contributed by atoms with Crippen molar-refractivity contribution in [3.63, 3.8) is 0 Å². The second-order valence-corrected chi connectivity index (χ2v) is 4.15. The normalized spacial score (nSPS) is 16.3. The second kappa shape index (κ2) is 4.26. The summed E-state index contributed by atoms with van der Waals surface area (Å²) >= 11 is 3.47. The largest absolute Gasteiger partial charge is 0.356 e. The van der Waals surface area contributed by atoms with Gasteiger partial charge in [0.05, 0.1) is 0 Å². The molecule has 0 N–H and O–H groups in total. The Hall–Kier alpha value is -0.640. The average molecular weight is 256 g/mol. The molecule has 76 valence electrons. The molecule has 1 aromatic rings. The molecule has 4 heteroatoms. The van der Waals surface area contributed by atoms with Crippen molar-refractivity contribution in [3.8, 4) is 0 Å². The number of alkyl halides is 1. The molecule has 0 aromatic carbocycles. The van der Waals surface area contributed by atoms with E-state index in [2.05, 4.69) is 30.8 Å². The van der Waals surface area contributed by atoms with Crippen molar-refractivity contribution >= 4 is 21.7 Å². The van der Waals surface area contributed by atoms with Gasteiger partial charge in [-0.1, -0.05) is 15.9 Å². The van der Waals surface area contributed by atoms with Gasteiger partial charge in [0.1, 0.15) is 11.6 Å². The van der Waals surface area contributed by atoms with Crippen LogP contribution in [0.2, 0.25) is 0 Å². The Balaban J connectivity index is 2.33. The van der Waals surface area contributed by atoms with E-state index in [1.54, 1.807) is 0 Å². The fourth-order valence-corrected chi connectivity index (χ4v) is 2.18. The molecule has 0 unspecified atom stereocenters. The third kappa shape index (κ3) is 1.90. The fourth-order valence-electron chi connectivity index (χ4n) is 1.78. The number of hydrogen-bond acceptors (Lipinski definition) is 3. The zero-order valence-corrected chi connectivity index (χ0v) is 9.92. The van der Waals surface area contributed by atoms with Crippen molar-refractivity contribution in [2.24, 2.45) is 0 Å². The van der Waals surface area contributed by atoms with Crippen molar-refractivity contribution in [1.82, 2.24) is 9.97 Å². The number of nitrogens with zero attached hydrogens (tertiary/aromatic N) is 3. The van der Waals surface area contributed by atoms with E-state index in [1.807, 2.05) is 13.1 Å². The van der Waals surface area contributed by atoms with E-state index in [4.69, 9.17) is 0 Å². The molecule has 0 atom stereocenters. The smallest absolute Gasteiger partial charge is 0.136 e. The van der Waals surface area contributed by atoms with Crippen LogP contribution in [0.25, 0.3) is 0 Å². The number of halogens is 1. The molecule has 0 bridgehead atoms. The van der Waals surface area contributed by atoms with E-state index < -0.39 is 0 Å². The molecule has 1 aliphatic heterocycles.